The van der Waals surface area contributed by atoms with Gasteiger partial charge < -0.3 is 19.7 Å². The molecule has 1 aromatic carbocycles. The number of hydrogen-bond acceptors (Lipinski definition) is 4. The molecular formula is C19H28N2O4. The number of ether oxygens (including phenoxy) is 2. The Morgan fingerprint density at radius 2 is 2.04 bits per heavy atom. The Kier molecular flexibility index (Phi) is 7.40. The van der Waals surface area contributed by atoms with E-state index in [4.69, 9.17) is 9.47 Å². The highest BCUT2D eigenvalue weighted by atomic mass is 16.5. The second-order valence-electron chi connectivity index (χ2n) is 6.43. The maximum Gasteiger partial charge on any atom is 0.251 e. The van der Waals surface area contributed by atoms with Crippen molar-refractivity contribution in [2.45, 2.75) is 44.9 Å². The number of hydrogen-bond donors (Lipinski definition) is 1. The summed E-state index contributed by atoms with van der Waals surface area (Å²) in [4.78, 5) is 25.6. The summed E-state index contributed by atoms with van der Waals surface area (Å²) in [6.45, 7) is 3.49. The Bertz CT molecular complexity index is 567. The van der Waals surface area contributed by atoms with Gasteiger partial charge in [-0.3, -0.25) is 9.59 Å². The summed E-state index contributed by atoms with van der Waals surface area (Å²) < 4.78 is 11.3. The van der Waals surface area contributed by atoms with Gasteiger partial charge in [-0.2, -0.15) is 0 Å². The first-order valence-electron chi connectivity index (χ1n) is 8.80. The Morgan fingerprint density at radius 1 is 1.32 bits per heavy atom. The lowest BCUT2D eigenvalue weighted by molar-refractivity contribution is -0.145. The molecule has 1 saturated heterocycles. The third kappa shape index (κ3) is 5.83. The molecule has 0 radical (unpaired) electrons. The van der Waals surface area contributed by atoms with Crippen molar-refractivity contribution in [2.24, 2.45) is 0 Å². The molecule has 6 heteroatoms. The number of likely N-dealkylation sites (N-methyl/N-ethyl adjacent to an activating group) is 1. The fraction of sp³-hybridized carbons (Fsp3) is 0.579. The molecule has 2 rings (SSSR count). The average Bonchev–Trinajstić information content (AvgIpc) is 2.66. The molecule has 138 valence electrons. The normalized spacial score (nSPS) is 18.4. The zero-order valence-electron chi connectivity index (χ0n) is 15.3. The largest absolute Gasteiger partial charge is 0.376 e. The molecule has 2 amide bonds. The zero-order valence-corrected chi connectivity index (χ0v) is 15.3. The maximum atomic E-state index is 12.4. The van der Waals surface area contributed by atoms with E-state index >= 15 is 0 Å². The van der Waals surface area contributed by atoms with Crippen LogP contribution in [-0.4, -0.2) is 56.2 Å². The van der Waals surface area contributed by atoms with Crippen LogP contribution in [0.5, 0.6) is 0 Å². The van der Waals surface area contributed by atoms with Crippen molar-refractivity contribution in [3.63, 3.8) is 0 Å². The first-order chi connectivity index (χ1) is 12.0. The maximum absolute atomic E-state index is 12.4. The van der Waals surface area contributed by atoms with E-state index < -0.39 is 6.10 Å². The van der Waals surface area contributed by atoms with Crippen molar-refractivity contribution in [2.75, 3.05) is 27.3 Å². The fourth-order valence-corrected chi connectivity index (χ4v) is 2.83. The number of benzene rings is 1. The fourth-order valence-electron chi connectivity index (χ4n) is 2.83. The van der Waals surface area contributed by atoms with E-state index in [2.05, 4.69) is 5.32 Å². The van der Waals surface area contributed by atoms with Crippen LogP contribution in [-0.2, 0) is 20.8 Å². The van der Waals surface area contributed by atoms with Gasteiger partial charge in [-0.05, 0) is 43.9 Å². The second kappa shape index (κ2) is 9.53. The van der Waals surface area contributed by atoms with Crippen LogP contribution >= 0.6 is 0 Å². The first-order valence-corrected chi connectivity index (χ1v) is 8.80. The summed E-state index contributed by atoms with van der Waals surface area (Å²) in [7, 11) is 3.36. The molecule has 0 aromatic heterocycles. The van der Waals surface area contributed by atoms with Gasteiger partial charge in [0.2, 0.25) is 0 Å². The van der Waals surface area contributed by atoms with Crippen LogP contribution < -0.4 is 5.32 Å². The Morgan fingerprint density at radius 3 is 2.64 bits per heavy atom. The van der Waals surface area contributed by atoms with Gasteiger partial charge in [0.05, 0.1) is 12.7 Å². The number of rotatable bonds is 7. The predicted molar refractivity (Wildman–Crippen MR) is 95.3 cm³/mol. The van der Waals surface area contributed by atoms with Gasteiger partial charge in [0.1, 0.15) is 6.10 Å². The minimum Gasteiger partial charge on any atom is -0.376 e. The monoisotopic (exact) mass is 348 g/mol. The Hall–Kier alpha value is -1.92. The van der Waals surface area contributed by atoms with E-state index in [1.54, 1.807) is 38.1 Å². The SMILES string of the molecule is CNC(=O)c1ccc(CN(C)C(=O)C(C)OCC2CCCCO2)cc1. The van der Waals surface area contributed by atoms with E-state index in [-0.39, 0.29) is 17.9 Å². The lowest BCUT2D eigenvalue weighted by Crippen LogP contribution is -2.37. The molecule has 2 unspecified atom stereocenters. The minimum absolute atomic E-state index is 0.0637. The molecular weight excluding hydrogens is 320 g/mol. The molecule has 25 heavy (non-hydrogen) atoms. The van der Waals surface area contributed by atoms with Crippen LogP contribution in [0, 0.1) is 0 Å². The highest BCUT2D eigenvalue weighted by molar-refractivity contribution is 5.93. The van der Waals surface area contributed by atoms with Gasteiger partial charge in [0.25, 0.3) is 11.8 Å². The zero-order chi connectivity index (χ0) is 18.2. The van der Waals surface area contributed by atoms with Crippen molar-refractivity contribution in [1.82, 2.24) is 10.2 Å². The molecule has 1 aliphatic rings. The highest BCUT2D eigenvalue weighted by Gasteiger charge is 2.21. The van der Waals surface area contributed by atoms with Gasteiger partial charge in [-0.25, -0.2) is 0 Å². The molecule has 0 bridgehead atoms. The number of nitrogens with one attached hydrogen (secondary N) is 1. The van der Waals surface area contributed by atoms with Crippen LogP contribution in [0.3, 0.4) is 0 Å². The summed E-state index contributed by atoms with van der Waals surface area (Å²) in [6, 6.07) is 7.23. The lowest BCUT2D eigenvalue weighted by atomic mass is 10.1. The van der Waals surface area contributed by atoms with Crippen molar-refractivity contribution < 1.29 is 19.1 Å². The Balaban J connectivity index is 1.81. The number of carbonyl (C=O) groups excluding carboxylic acids is 2. The van der Waals surface area contributed by atoms with E-state index in [0.717, 1.165) is 31.4 Å². The molecule has 1 fully saturated rings. The molecule has 0 spiro atoms. The van der Waals surface area contributed by atoms with Crippen molar-refractivity contribution in [3.05, 3.63) is 35.4 Å². The summed E-state index contributed by atoms with van der Waals surface area (Å²) in [5.74, 6) is -0.186. The number of nitrogens with zero attached hydrogens (tertiary/aromatic N) is 1. The van der Waals surface area contributed by atoms with Crippen molar-refractivity contribution in [1.29, 1.82) is 0 Å². The van der Waals surface area contributed by atoms with Crippen molar-refractivity contribution >= 4 is 11.8 Å². The molecule has 1 N–H and O–H groups in total. The summed E-state index contributed by atoms with van der Waals surface area (Å²) >= 11 is 0. The van der Waals surface area contributed by atoms with Crippen LogP contribution in [0.25, 0.3) is 0 Å². The topological polar surface area (TPSA) is 67.9 Å². The molecule has 6 nitrogen and oxygen atoms in total. The standard InChI is InChI=1S/C19H28N2O4/c1-14(25-13-17-6-4-5-11-24-17)19(23)21(3)12-15-7-9-16(10-8-15)18(22)20-2/h7-10,14,17H,4-6,11-13H2,1-3H3,(H,20,22). The van der Waals surface area contributed by atoms with E-state index in [1.165, 1.54) is 0 Å². The number of amides is 2. The van der Waals surface area contributed by atoms with Gasteiger partial charge in [-0.1, -0.05) is 12.1 Å². The lowest BCUT2D eigenvalue weighted by Gasteiger charge is -2.26. The van der Waals surface area contributed by atoms with Gasteiger partial charge in [0.15, 0.2) is 0 Å². The minimum atomic E-state index is -0.499. The van der Waals surface area contributed by atoms with E-state index in [0.29, 0.717) is 18.7 Å². The Labute approximate surface area is 149 Å². The average molecular weight is 348 g/mol. The smallest absolute Gasteiger partial charge is 0.251 e. The molecule has 1 aromatic rings. The molecule has 1 aliphatic heterocycles. The summed E-state index contributed by atoms with van der Waals surface area (Å²) in [6.07, 6.45) is 2.86. The highest BCUT2D eigenvalue weighted by Crippen LogP contribution is 2.14. The van der Waals surface area contributed by atoms with Crippen LogP contribution in [0.4, 0.5) is 0 Å². The third-order valence-corrected chi connectivity index (χ3v) is 4.39. The molecule has 0 saturated carbocycles. The van der Waals surface area contributed by atoms with E-state index in [9.17, 15) is 9.59 Å². The first kappa shape index (κ1) is 19.4. The van der Waals surface area contributed by atoms with Crippen molar-refractivity contribution in [3.8, 4) is 0 Å². The quantitative estimate of drug-likeness (QED) is 0.818. The van der Waals surface area contributed by atoms with Crippen LogP contribution in [0.1, 0.15) is 42.1 Å². The molecule has 0 aliphatic carbocycles. The molecule has 1 heterocycles. The summed E-state index contributed by atoms with van der Waals surface area (Å²) in [5.41, 5.74) is 1.57. The predicted octanol–water partition coefficient (Wildman–Crippen LogP) is 1.98. The van der Waals surface area contributed by atoms with Gasteiger partial charge >= 0.3 is 0 Å². The number of carbonyl (C=O) groups is 2. The van der Waals surface area contributed by atoms with Crippen LogP contribution in [0.15, 0.2) is 24.3 Å². The van der Waals surface area contributed by atoms with Gasteiger partial charge in [0, 0.05) is 32.8 Å². The molecule has 2 atom stereocenters. The second-order valence-corrected chi connectivity index (χ2v) is 6.43. The van der Waals surface area contributed by atoms with E-state index in [1.807, 2.05) is 12.1 Å². The third-order valence-electron chi connectivity index (χ3n) is 4.39. The summed E-state index contributed by atoms with van der Waals surface area (Å²) in [5, 5.41) is 2.59. The van der Waals surface area contributed by atoms with Gasteiger partial charge in [-0.15, -0.1) is 0 Å². The van der Waals surface area contributed by atoms with Crippen LogP contribution in [0.2, 0.25) is 0 Å².